The molecule has 0 saturated carbocycles. The van der Waals surface area contributed by atoms with Crippen molar-refractivity contribution < 1.29 is 14.7 Å². The van der Waals surface area contributed by atoms with Crippen molar-refractivity contribution in [3.8, 4) is 0 Å². The number of hydrogen-bond donors (Lipinski definition) is 1. The lowest BCUT2D eigenvalue weighted by molar-refractivity contribution is -0.111. The molecule has 1 aliphatic carbocycles. The Kier molecular flexibility index (Phi) is 11.9. The van der Waals surface area contributed by atoms with Crippen molar-refractivity contribution in [3.63, 3.8) is 0 Å². The van der Waals surface area contributed by atoms with Gasteiger partial charge in [0.2, 0.25) is 11.6 Å². The summed E-state index contributed by atoms with van der Waals surface area (Å²) in [6.45, 7) is 2.26. The Morgan fingerprint density at radius 1 is 0.667 bits per heavy atom. The van der Waals surface area contributed by atoms with Crippen molar-refractivity contribution in [2.24, 2.45) is 0 Å². The maximum atomic E-state index is 12.3. The second-order valence-corrected chi connectivity index (χ2v) is 9.43. The zero-order chi connectivity index (χ0) is 21.6. The number of thioether (sulfide) groups is 1. The molecule has 0 amide bonds. The van der Waals surface area contributed by atoms with Gasteiger partial charge in [-0.2, -0.15) is 0 Å². The molecule has 0 spiro atoms. The van der Waals surface area contributed by atoms with Crippen LogP contribution in [-0.2, 0) is 4.79 Å². The van der Waals surface area contributed by atoms with E-state index in [9.17, 15) is 14.7 Å². The first-order valence-corrected chi connectivity index (χ1v) is 12.9. The molecule has 2 rings (SSSR count). The molecule has 166 valence electrons. The van der Waals surface area contributed by atoms with Gasteiger partial charge in [0.25, 0.3) is 0 Å². The van der Waals surface area contributed by atoms with Gasteiger partial charge >= 0.3 is 0 Å². The van der Waals surface area contributed by atoms with E-state index in [1.54, 1.807) is 24.3 Å². The van der Waals surface area contributed by atoms with Gasteiger partial charge in [-0.1, -0.05) is 115 Å². The first-order chi connectivity index (χ1) is 14.7. The standard InChI is InChI=1S/C26H38O3S/c1-2-3-4-5-6-7-8-9-10-11-12-13-14-17-20-30-26-24(28)22-19-16-15-18-21(22)23(27)25(26)29/h15-16,18-19,28H,2-14,17,20H2,1H3. The third kappa shape index (κ3) is 7.94. The summed E-state index contributed by atoms with van der Waals surface area (Å²) in [6, 6.07) is 6.78. The Labute approximate surface area is 186 Å². The molecule has 0 heterocycles. The Balaban J connectivity index is 1.51. The maximum Gasteiger partial charge on any atom is 0.243 e. The van der Waals surface area contributed by atoms with Gasteiger partial charge in [0.05, 0.1) is 0 Å². The Hall–Kier alpha value is -1.55. The minimum Gasteiger partial charge on any atom is -0.506 e. The fourth-order valence-electron chi connectivity index (χ4n) is 3.95. The Morgan fingerprint density at radius 3 is 1.67 bits per heavy atom. The van der Waals surface area contributed by atoms with E-state index >= 15 is 0 Å². The van der Waals surface area contributed by atoms with Crippen LogP contribution >= 0.6 is 11.8 Å². The van der Waals surface area contributed by atoms with E-state index in [1.165, 1.54) is 88.8 Å². The van der Waals surface area contributed by atoms with E-state index in [0.29, 0.717) is 11.1 Å². The molecular weight excluding hydrogens is 392 g/mol. The molecule has 1 N–H and O–H groups in total. The average molecular weight is 431 g/mol. The zero-order valence-electron chi connectivity index (χ0n) is 18.6. The molecular formula is C26H38O3S. The van der Waals surface area contributed by atoms with Gasteiger partial charge in [-0.25, -0.2) is 0 Å². The average Bonchev–Trinajstić information content (AvgIpc) is 2.77. The van der Waals surface area contributed by atoms with Crippen LogP contribution in [-0.4, -0.2) is 22.4 Å². The van der Waals surface area contributed by atoms with Crippen molar-refractivity contribution >= 4 is 29.1 Å². The van der Waals surface area contributed by atoms with Crippen LogP contribution < -0.4 is 0 Å². The number of carbonyl (C=O) groups is 2. The number of Topliss-reactive ketones (excluding diaryl/α,β-unsaturated/α-hetero) is 2. The largest absolute Gasteiger partial charge is 0.506 e. The first kappa shape index (κ1) is 24.7. The summed E-state index contributed by atoms with van der Waals surface area (Å²) in [7, 11) is 0. The summed E-state index contributed by atoms with van der Waals surface area (Å²) >= 11 is 1.32. The molecule has 0 unspecified atom stereocenters. The predicted octanol–water partition coefficient (Wildman–Crippen LogP) is 7.89. The minimum atomic E-state index is -0.568. The van der Waals surface area contributed by atoms with Gasteiger partial charge in [-0.05, 0) is 12.2 Å². The summed E-state index contributed by atoms with van der Waals surface area (Å²) in [5.74, 6) is -0.350. The number of hydrogen-bond acceptors (Lipinski definition) is 4. The topological polar surface area (TPSA) is 54.4 Å². The molecule has 4 heteroatoms. The Bertz CT molecular complexity index is 708. The van der Waals surface area contributed by atoms with E-state index in [2.05, 4.69) is 6.92 Å². The van der Waals surface area contributed by atoms with Gasteiger partial charge in [0.1, 0.15) is 10.7 Å². The lowest BCUT2D eigenvalue weighted by atomic mass is 9.94. The van der Waals surface area contributed by atoms with Gasteiger partial charge < -0.3 is 5.11 Å². The van der Waals surface area contributed by atoms with Crippen LogP contribution in [0.1, 0.15) is 113 Å². The monoisotopic (exact) mass is 430 g/mol. The highest BCUT2D eigenvalue weighted by molar-refractivity contribution is 8.04. The number of unbranched alkanes of at least 4 members (excludes halogenated alkanes) is 13. The number of allylic oxidation sites excluding steroid dienone is 1. The van der Waals surface area contributed by atoms with Gasteiger partial charge in [-0.3, -0.25) is 9.59 Å². The van der Waals surface area contributed by atoms with E-state index < -0.39 is 11.6 Å². The molecule has 1 aromatic rings. The summed E-state index contributed by atoms with van der Waals surface area (Å²) in [6.07, 6.45) is 18.4. The molecule has 0 aromatic heterocycles. The zero-order valence-corrected chi connectivity index (χ0v) is 19.4. The fraction of sp³-hybridized carbons (Fsp3) is 0.615. The number of carbonyl (C=O) groups excluding carboxylic acids is 2. The van der Waals surface area contributed by atoms with Gasteiger partial charge in [-0.15, -0.1) is 11.8 Å². The predicted molar refractivity (Wildman–Crippen MR) is 128 cm³/mol. The van der Waals surface area contributed by atoms with E-state index in [1.807, 2.05) is 0 Å². The van der Waals surface area contributed by atoms with Crippen LogP contribution in [0.5, 0.6) is 0 Å². The number of benzene rings is 1. The number of aliphatic hydroxyl groups excluding tert-OH is 1. The highest BCUT2D eigenvalue weighted by atomic mass is 32.2. The fourth-order valence-corrected chi connectivity index (χ4v) is 4.97. The number of ketones is 2. The van der Waals surface area contributed by atoms with Crippen LogP contribution in [0, 0.1) is 0 Å². The second kappa shape index (κ2) is 14.5. The number of fused-ring (bicyclic) bond motifs is 1. The minimum absolute atomic E-state index is 0.0365. The van der Waals surface area contributed by atoms with Crippen LogP contribution in [0.3, 0.4) is 0 Å². The highest BCUT2D eigenvalue weighted by Gasteiger charge is 2.32. The van der Waals surface area contributed by atoms with Crippen LogP contribution in [0.2, 0.25) is 0 Å². The summed E-state index contributed by atoms with van der Waals surface area (Å²) in [4.78, 5) is 24.7. The van der Waals surface area contributed by atoms with Crippen LogP contribution in [0.15, 0.2) is 29.2 Å². The molecule has 0 aliphatic heterocycles. The Morgan fingerprint density at radius 2 is 1.13 bits per heavy atom. The summed E-state index contributed by atoms with van der Waals surface area (Å²) < 4.78 is 0. The first-order valence-electron chi connectivity index (χ1n) is 11.9. The molecule has 1 aromatic carbocycles. The van der Waals surface area contributed by atoms with Crippen LogP contribution in [0.4, 0.5) is 0 Å². The maximum absolute atomic E-state index is 12.3. The molecule has 3 nitrogen and oxygen atoms in total. The lowest BCUT2D eigenvalue weighted by Crippen LogP contribution is -2.22. The molecule has 30 heavy (non-hydrogen) atoms. The third-order valence-electron chi connectivity index (χ3n) is 5.80. The van der Waals surface area contributed by atoms with Crippen molar-refractivity contribution in [1.82, 2.24) is 0 Å². The normalized spacial score (nSPS) is 13.8. The number of aliphatic hydroxyl groups is 1. The van der Waals surface area contributed by atoms with E-state index in [-0.39, 0.29) is 10.7 Å². The van der Waals surface area contributed by atoms with E-state index in [4.69, 9.17) is 0 Å². The smallest absolute Gasteiger partial charge is 0.243 e. The quantitative estimate of drug-likeness (QED) is 0.214. The van der Waals surface area contributed by atoms with Crippen molar-refractivity contribution in [2.45, 2.75) is 96.8 Å². The van der Waals surface area contributed by atoms with Crippen LogP contribution in [0.25, 0.3) is 5.76 Å². The third-order valence-corrected chi connectivity index (χ3v) is 6.96. The molecule has 0 bridgehead atoms. The van der Waals surface area contributed by atoms with Gasteiger partial charge in [0.15, 0.2) is 0 Å². The lowest BCUT2D eigenvalue weighted by Gasteiger charge is -2.17. The van der Waals surface area contributed by atoms with Crippen molar-refractivity contribution in [1.29, 1.82) is 0 Å². The molecule has 0 saturated heterocycles. The number of rotatable bonds is 16. The molecule has 0 fully saturated rings. The van der Waals surface area contributed by atoms with Gasteiger partial charge in [0, 0.05) is 11.1 Å². The second-order valence-electron chi connectivity index (χ2n) is 8.33. The molecule has 0 atom stereocenters. The SMILES string of the molecule is CCCCCCCCCCCCCCCCSC1=C(O)c2ccccc2C(=O)C1=O. The molecule has 1 aliphatic rings. The summed E-state index contributed by atoms with van der Waals surface area (Å²) in [5, 5.41) is 10.4. The molecule has 0 radical (unpaired) electrons. The highest BCUT2D eigenvalue weighted by Crippen LogP contribution is 2.34. The van der Waals surface area contributed by atoms with E-state index in [0.717, 1.165) is 18.6 Å². The van der Waals surface area contributed by atoms with Crippen molar-refractivity contribution in [2.75, 3.05) is 5.75 Å². The summed E-state index contributed by atoms with van der Waals surface area (Å²) in [5.41, 5.74) is 0.784. The van der Waals surface area contributed by atoms with Crippen molar-refractivity contribution in [3.05, 3.63) is 40.3 Å².